The van der Waals surface area contributed by atoms with E-state index in [1.54, 1.807) is 12.1 Å². The number of hydrogen-bond donors (Lipinski definition) is 1. The molecule has 0 amide bonds. The van der Waals surface area contributed by atoms with Crippen LogP contribution in [0.2, 0.25) is 0 Å². The molecule has 0 saturated heterocycles. The topological polar surface area (TPSA) is 17.0 Å². The van der Waals surface area contributed by atoms with Crippen LogP contribution in [0.15, 0.2) is 48.5 Å². The first kappa shape index (κ1) is 15.3. The summed E-state index contributed by atoms with van der Waals surface area (Å²) >= 11 is 0. The molecule has 1 aliphatic rings. The Balaban J connectivity index is 1.85. The molecule has 24 heavy (non-hydrogen) atoms. The van der Waals surface area contributed by atoms with E-state index in [-0.39, 0.29) is 5.56 Å². The molecule has 0 unspecified atom stereocenters. The van der Waals surface area contributed by atoms with Crippen LogP contribution in [0.1, 0.15) is 11.3 Å². The lowest BCUT2D eigenvalue weighted by molar-refractivity contribution is -0.137. The van der Waals surface area contributed by atoms with Gasteiger partial charge in [-0.15, -0.1) is 0 Å². The molecule has 2 heterocycles. The molecule has 1 N–H and O–H groups in total. The molecule has 0 atom stereocenters. The van der Waals surface area contributed by atoms with Crippen molar-refractivity contribution in [2.45, 2.75) is 19.1 Å². The average molecular weight is 330 g/mol. The molecule has 2 aromatic carbocycles. The third-order valence-corrected chi connectivity index (χ3v) is 4.60. The maximum atomic E-state index is 13.3. The van der Waals surface area contributed by atoms with Gasteiger partial charge in [0, 0.05) is 42.7 Å². The summed E-state index contributed by atoms with van der Waals surface area (Å²) in [4.78, 5) is 0. The van der Waals surface area contributed by atoms with Crippen LogP contribution in [0, 0.1) is 0 Å². The van der Waals surface area contributed by atoms with Gasteiger partial charge in [0.1, 0.15) is 0 Å². The number of rotatable bonds is 1. The largest absolute Gasteiger partial charge is 0.417 e. The molecule has 124 valence electrons. The number of fused-ring (bicyclic) bond motifs is 3. The molecule has 0 spiro atoms. The molecule has 5 heteroatoms. The molecule has 2 nitrogen and oxygen atoms in total. The van der Waals surface area contributed by atoms with E-state index < -0.39 is 11.7 Å². The monoisotopic (exact) mass is 330 g/mol. The molecule has 0 radical (unpaired) electrons. The zero-order valence-electron chi connectivity index (χ0n) is 13.0. The van der Waals surface area contributed by atoms with E-state index in [1.807, 2.05) is 12.1 Å². The van der Waals surface area contributed by atoms with E-state index in [1.165, 1.54) is 17.8 Å². The van der Waals surface area contributed by atoms with E-state index in [4.69, 9.17) is 0 Å². The zero-order chi connectivity index (χ0) is 16.7. The lowest BCUT2D eigenvalue weighted by Gasteiger charge is -2.13. The first-order chi connectivity index (χ1) is 11.5. The number of benzene rings is 2. The third kappa shape index (κ3) is 2.59. The van der Waals surface area contributed by atoms with Crippen molar-refractivity contribution in [3.05, 3.63) is 59.8 Å². The minimum absolute atomic E-state index is 0.231. The van der Waals surface area contributed by atoms with Crippen LogP contribution in [0.25, 0.3) is 22.0 Å². The van der Waals surface area contributed by atoms with Crippen LogP contribution in [-0.2, 0) is 19.1 Å². The highest BCUT2D eigenvalue weighted by Crippen LogP contribution is 2.38. The second kappa shape index (κ2) is 5.67. The SMILES string of the molecule is FC(F)(F)c1ccccc1-c1ccc2c(c1)cc1n2CCNCC1. The summed E-state index contributed by atoms with van der Waals surface area (Å²) < 4.78 is 42.1. The van der Waals surface area contributed by atoms with Crippen molar-refractivity contribution in [2.75, 3.05) is 13.1 Å². The van der Waals surface area contributed by atoms with E-state index in [2.05, 4.69) is 16.0 Å². The fourth-order valence-electron chi connectivity index (χ4n) is 3.48. The minimum Gasteiger partial charge on any atom is -0.343 e. The highest BCUT2D eigenvalue weighted by Gasteiger charge is 2.33. The van der Waals surface area contributed by atoms with Crippen LogP contribution in [0.4, 0.5) is 13.2 Å². The fraction of sp³-hybridized carbons (Fsp3) is 0.263. The van der Waals surface area contributed by atoms with Crippen molar-refractivity contribution in [2.24, 2.45) is 0 Å². The summed E-state index contributed by atoms with van der Waals surface area (Å²) in [5, 5.41) is 4.36. The summed E-state index contributed by atoms with van der Waals surface area (Å²) in [5.74, 6) is 0. The van der Waals surface area contributed by atoms with Gasteiger partial charge in [-0.25, -0.2) is 0 Å². The molecular weight excluding hydrogens is 313 g/mol. The van der Waals surface area contributed by atoms with Crippen molar-refractivity contribution >= 4 is 10.9 Å². The highest BCUT2D eigenvalue weighted by atomic mass is 19.4. The van der Waals surface area contributed by atoms with Crippen LogP contribution < -0.4 is 5.32 Å². The van der Waals surface area contributed by atoms with Crippen molar-refractivity contribution in [1.29, 1.82) is 0 Å². The fourth-order valence-corrected chi connectivity index (χ4v) is 3.48. The Bertz CT molecular complexity index is 893. The maximum Gasteiger partial charge on any atom is 0.417 e. The van der Waals surface area contributed by atoms with Gasteiger partial charge in [0.2, 0.25) is 0 Å². The molecule has 4 rings (SSSR count). The zero-order valence-corrected chi connectivity index (χ0v) is 13.0. The molecule has 0 aliphatic carbocycles. The maximum absolute atomic E-state index is 13.3. The first-order valence-corrected chi connectivity index (χ1v) is 8.03. The Kier molecular flexibility index (Phi) is 3.61. The van der Waals surface area contributed by atoms with Crippen LogP contribution in [0.3, 0.4) is 0 Å². The highest BCUT2D eigenvalue weighted by molar-refractivity contribution is 5.87. The first-order valence-electron chi connectivity index (χ1n) is 8.03. The van der Waals surface area contributed by atoms with Gasteiger partial charge in [-0.05, 0) is 35.4 Å². The molecular formula is C19H17F3N2. The number of halogens is 3. The number of aromatic nitrogens is 1. The van der Waals surface area contributed by atoms with Gasteiger partial charge in [-0.1, -0.05) is 24.3 Å². The number of nitrogens with one attached hydrogen (secondary N) is 1. The normalized spacial score (nSPS) is 15.3. The lowest BCUT2D eigenvalue weighted by Crippen LogP contribution is -2.17. The summed E-state index contributed by atoms with van der Waals surface area (Å²) in [6.45, 7) is 2.73. The minimum atomic E-state index is -4.35. The molecule has 0 fully saturated rings. The quantitative estimate of drug-likeness (QED) is 0.696. The van der Waals surface area contributed by atoms with Crippen LogP contribution >= 0.6 is 0 Å². The average Bonchev–Trinajstić information content (AvgIpc) is 2.74. The van der Waals surface area contributed by atoms with Crippen molar-refractivity contribution in [3.63, 3.8) is 0 Å². The van der Waals surface area contributed by atoms with E-state index in [9.17, 15) is 13.2 Å². The van der Waals surface area contributed by atoms with Gasteiger partial charge in [0.05, 0.1) is 5.56 Å². The van der Waals surface area contributed by atoms with E-state index in [0.29, 0.717) is 5.56 Å². The molecule has 1 aliphatic heterocycles. The van der Waals surface area contributed by atoms with Gasteiger partial charge in [0.25, 0.3) is 0 Å². The van der Waals surface area contributed by atoms with Gasteiger partial charge in [0.15, 0.2) is 0 Å². The summed E-state index contributed by atoms with van der Waals surface area (Å²) in [6, 6.07) is 13.4. The Morgan fingerprint density at radius 1 is 0.958 bits per heavy atom. The predicted molar refractivity (Wildman–Crippen MR) is 88.9 cm³/mol. The standard InChI is InChI=1S/C19H17F3N2/c20-19(21,22)17-4-2-1-3-16(17)13-5-6-18-14(11-13)12-15-7-8-23-9-10-24(15)18/h1-6,11-12,23H,7-10H2. The van der Waals surface area contributed by atoms with Crippen LogP contribution in [0.5, 0.6) is 0 Å². The Morgan fingerprint density at radius 3 is 2.62 bits per heavy atom. The van der Waals surface area contributed by atoms with Gasteiger partial charge < -0.3 is 9.88 Å². The Hall–Kier alpha value is -2.27. The summed E-state index contributed by atoms with van der Waals surface area (Å²) in [7, 11) is 0. The number of nitrogens with zero attached hydrogens (tertiary/aromatic N) is 1. The molecule has 3 aromatic rings. The number of hydrogen-bond acceptors (Lipinski definition) is 1. The second-order valence-corrected chi connectivity index (χ2v) is 6.10. The Labute approximate surface area is 137 Å². The summed E-state index contributed by atoms with van der Waals surface area (Å²) in [5.41, 5.74) is 2.57. The lowest BCUT2D eigenvalue weighted by atomic mass is 9.98. The van der Waals surface area contributed by atoms with Crippen molar-refractivity contribution in [3.8, 4) is 11.1 Å². The smallest absolute Gasteiger partial charge is 0.343 e. The Morgan fingerprint density at radius 2 is 1.79 bits per heavy atom. The molecule has 0 saturated carbocycles. The van der Waals surface area contributed by atoms with Crippen molar-refractivity contribution in [1.82, 2.24) is 9.88 Å². The van der Waals surface area contributed by atoms with E-state index >= 15 is 0 Å². The number of alkyl halides is 3. The van der Waals surface area contributed by atoms with E-state index in [0.717, 1.165) is 43.0 Å². The van der Waals surface area contributed by atoms with Gasteiger partial charge >= 0.3 is 6.18 Å². The third-order valence-electron chi connectivity index (χ3n) is 4.60. The predicted octanol–water partition coefficient (Wildman–Crippen LogP) is 4.47. The van der Waals surface area contributed by atoms with Gasteiger partial charge in [-0.3, -0.25) is 0 Å². The second-order valence-electron chi connectivity index (χ2n) is 6.10. The van der Waals surface area contributed by atoms with Crippen molar-refractivity contribution < 1.29 is 13.2 Å². The van der Waals surface area contributed by atoms with Crippen LogP contribution in [-0.4, -0.2) is 17.7 Å². The van der Waals surface area contributed by atoms with Gasteiger partial charge in [-0.2, -0.15) is 13.2 Å². The summed E-state index contributed by atoms with van der Waals surface area (Å²) in [6.07, 6.45) is -3.42. The molecule has 1 aromatic heterocycles. The molecule has 0 bridgehead atoms.